The van der Waals surface area contributed by atoms with Crippen molar-refractivity contribution in [2.45, 2.75) is 31.2 Å². The quantitative estimate of drug-likeness (QED) is 0.848. The van der Waals surface area contributed by atoms with Crippen LogP contribution in [-0.4, -0.2) is 29.9 Å². The molecule has 1 aromatic carbocycles. The van der Waals surface area contributed by atoms with Gasteiger partial charge in [0, 0.05) is 23.6 Å². The van der Waals surface area contributed by atoms with Gasteiger partial charge in [-0.25, -0.2) is 0 Å². The van der Waals surface area contributed by atoms with E-state index in [1.54, 1.807) is 0 Å². The Hall–Kier alpha value is -0.800. The summed E-state index contributed by atoms with van der Waals surface area (Å²) in [6.07, 6.45) is 3.91. The van der Waals surface area contributed by atoms with Gasteiger partial charge in [0.15, 0.2) is 5.78 Å². The second kappa shape index (κ2) is 5.45. The summed E-state index contributed by atoms with van der Waals surface area (Å²) in [5.74, 6) is 2.99. The zero-order valence-electron chi connectivity index (χ0n) is 10.5. The van der Waals surface area contributed by atoms with Crippen LogP contribution < -0.4 is 5.32 Å². The summed E-state index contributed by atoms with van der Waals surface area (Å²) in [7, 11) is 0. The lowest BCUT2D eigenvalue weighted by Gasteiger charge is -2.26. The second-order valence-corrected chi connectivity index (χ2v) is 6.35. The number of ketones is 1. The minimum absolute atomic E-state index is 0.0143. The van der Waals surface area contributed by atoms with E-state index in [1.165, 1.54) is 24.8 Å². The SMILES string of the molecule is O=C(c1cccc(C2CCC2)c1)C1CSCCN1. The fraction of sp³-hybridized carbons (Fsp3) is 0.533. The van der Waals surface area contributed by atoms with Gasteiger partial charge in [-0.05, 0) is 30.4 Å². The highest BCUT2D eigenvalue weighted by atomic mass is 32.2. The third-order valence-electron chi connectivity index (χ3n) is 3.99. The first-order valence-electron chi connectivity index (χ1n) is 6.80. The minimum atomic E-state index is 0.0143. The van der Waals surface area contributed by atoms with Crippen molar-refractivity contribution >= 4 is 17.5 Å². The molecule has 2 nitrogen and oxygen atoms in total. The fourth-order valence-corrected chi connectivity index (χ4v) is 3.56. The van der Waals surface area contributed by atoms with E-state index in [9.17, 15) is 4.79 Å². The standard InChI is InChI=1S/C15H19NOS/c17-15(14-10-18-8-7-16-14)13-6-2-5-12(9-13)11-3-1-4-11/h2,5-6,9,11,14,16H,1,3-4,7-8,10H2. The van der Waals surface area contributed by atoms with Crippen LogP contribution in [0.4, 0.5) is 0 Å². The van der Waals surface area contributed by atoms with Crippen molar-refractivity contribution in [3.63, 3.8) is 0 Å². The molecular weight excluding hydrogens is 242 g/mol. The van der Waals surface area contributed by atoms with Gasteiger partial charge in [-0.2, -0.15) is 11.8 Å². The van der Waals surface area contributed by atoms with Crippen molar-refractivity contribution in [2.24, 2.45) is 0 Å². The first-order valence-corrected chi connectivity index (χ1v) is 7.95. The number of carbonyl (C=O) groups excluding carboxylic acids is 1. The maximum atomic E-state index is 12.4. The van der Waals surface area contributed by atoms with Crippen LogP contribution in [0.5, 0.6) is 0 Å². The summed E-state index contributed by atoms with van der Waals surface area (Å²) in [6, 6.07) is 8.30. The molecule has 0 radical (unpaired) electrons. The Bertz CT molecular complexity index is 436. The average molecular weight is 261 g/mol. The summed E-state index contributed by atoms with van der Waals surface area (Å²) >= 11 is 1.87. The molecule has 1 aromatic rings. The first kappa shape index (κ1) is 12.2. The van der Waals surface area contributed by atoms with E-state index in [-0.39, 0.29) is 11.8 Å². The van der Waals surface area contributed by atoms with Crippen molar-refractivity contribution in [1.82, 2.24) is 5.32 Å². The van der Waals surface area contributed by atoms with Crippen LogP contribution >= 0.6 is 11.8 Å². The predicted molar refractivity (Wildman–Crippen MR) is 76.5 cm³/mol. The van der Waals surface area contributed by atoms with Crippen molar-refractivity contribution in [3.05, 3.63) is 35.4 Å². The molecule has 1 aliphatic heterocycles. The zero-order valence-corrected chi connectivity index (χ0v) is 11.3. The summed E-state index contributed by atoms with van der Waals surface area (Å²) in [5, 5.41) is 3.32. The number of thioether (sulfide) groups is 1. The van der Waals surface area contributed by atoms with E-state index in [0.29, 0.717) is 5.92 Å². The monoisotopic (exact) mass is 261 g/mol. The number of benzene rings is 1. The number of hydrogen-bond acceptors (Lipinski definition) is 3. The van der Waals surface area contributed by atoms with Crippen LogP contribution in [-0.2, 0) is 0 Å². The Morgan fingerprint density at radius 1 is 1.33 bits per heavy atom. The van der Waals surface area contributed by atoms with Gasteiger partial charge >= 0.3 is 0 Å². The Kier molecular flexibility index (Phi) is 3.71. The maximum Gasteiger partial charge on any atom is 0.180 e. The van der Waals surface area contributed by atoms with Crippen molar-refractivity contribution in [1.29, 1.82) is 0 Å². The molecule has 1 unspecified atom stereocenters. The molecular formula is C15H19NOS. The molecule has 18 heavy (non-hydrogen) atoms. The van der Waals surface area contributed by atoms with E-state index in [4.69, 9.17) is 0 Å². The normalized spacial score (nSPS) is 24.6. The highest BCUT2D eigenvalue weighted by Crippen LogP contribution is 2.36. The predicted octanol–water partition coefficient (Wildman–Crippen LogP) is 2.84. The number of carbonyl (C=O) groups is 1. The zero-order chi connectivity index (χ0) is 12.4. The van der Waals surface area contributed by atoms with Gasteiger partial charge in [0.25, 0.3) is 0 Å². The molecule has 3 heteroatoms. The number of nitrogens with one attached hydrogen (secondary N) is 1. The lowest BCUT2D eigenvalue weighted by atomic mass is 9.79. The van der Waals surface area contributed by atoms with E-state index in [1.807, 2.05) is 23.9 Å². The van der Waals surface area contributed by atoms with Crippen LogP contribution in [0.3, 0.4) is 0 Å². The minimum Gasteiger partial charge on any atom is -0.306 e. The van der Waals surface area contributed by atoms with Crippen LogP contribution in [0.1, 0.15) is 41.1 Å². The van der Waals surface area contributed by atoms with E-state index in [0.717, 1.165) is 23.6 Å². The molecule has 2 aliphatic rings. The summed E-state index contributed by atoms with van der Waals surface area (Å²) in [6.45, 7) is 0.948. The lowest BCUT2D eigenvalue weighted by molar-refractivity contribution is 0.0953. The summed E-state index contributed by atoms with van der Waals surface area (Å²) in [4.78, 5) is 12.4. The molecule has 1 aliphatic carbocycles. The molecule has 3 rings (SSSR count). The van der Waals surface area contributed by atoms with Crippen LogP contribution in [0.15, 0.2) is 24.3 Å². The Morgan fingerprint density at radius 2 is 2.22 bits per heavy atom. The van der Waals surface area contributed by atoms with Crippen LogP contribution in [0.25, 0.3) is 0 Å². The summed E-state index contributed by atoms with van der Waals surface area (Å²) in [5.41, 5.74) is 2.25. The number of Topliss-reactive ketones (excluding diaryl/α,β-unsaturated/α-hetero) is 1. The highest BCUT2D eigenvalue weighted by Gasteiger charge is 2.24. The molecule has 1 saturated heterocycles. The third kappa shape index (κ3) is 2.47. The van der Waals surface area contributed by atoms with Crippen molar-refractivity contribution < 1.29 is 4.79 Å². The molecule has 1 heterocycles. The second-order valence-electron chi connectivity index (χ2n) is 5.20. The lowest BCUT2D eigenvalue weighted by Crippen LogP contribution is -2.43. The topological polar surface area (TPSA) is 29.1 Å². The maximum absolute atomic E-state index is 12.4. The van der Waals surface area contributed by atoms with Gasteiger partial charge < -0.3 is 5.32 Å². The van der Waals surface area contributed by atoms with Crippen LogP contribution in [0, 0.1) is 0 Å². The number of rotatable bonds is 3. The largest absolute Gasteiger partial charge is 0.306 e. The molecule has 0 bridgehead atoms. The van der Waals surface area contributed by atoms with E-state index < -0.39 is 0 Å². The molecule has 0 spiro atoms. The Morgan fingerprint density at radius 3 is 2.89 bits per heavy atom. The fourth-order valence-electron chi connectivity index (χ4n) is 2.62. The van der Waals surface area contributed by atoms with Gasteiger partial charge in [-0.1, -0.05) is 24.6 Å². The molecule has 2 fully saturated rings. The van der Waals surface area contributed by atoms with Crippen molar-refractivity contribution in [2.75, 3.05) is 18.1 Å². The molecule has 1 saturated carbocycles. The molecule has 96 valence electrons. The van der Waals surface area contributed by atoms with Crippen LogP contribution in [0.2, 0.25) is 0 Å². The van der Waals surface area contributed by atoms with Gasteiger partial charge in [-0.15, -0.1) is 0 Å². The van der Waals surface area contributed by atoms with Gasteiger partial charge in [0.05, 0.1) is 6.04 Å². The molecule has 1 N–H and O–H groups in total. The highest BCUT2D eigenvalue weighted by molar-refractivity contribution is 7.99. The van der Waals surface area contributed by atoms with Gasteiger partial charge in [0.2, 0.25) is 0 Å². The van der Waals surface area contributed by atoms with E-state index in [2.05, 4.69) is 17.4 Å². The van der Waals surface area contributed by atoms with E-state index >= 15 is 0 Å². The summed E-state index contributed by atoms with van der Waals surface area (Å²) < 4.78 is 0. The average Bonchev–Trinajstić information content (AvgIpc) is 2.37. The smallest absolute Gasteiger partial charge is 0.180 e. The molecule has 0 aromatic heterocycles. The van der Waals surface area contributed by atoms with Gasteiger partial charge in [0.1, 0.15) is 0 Å². The van der Waals surface area contributed by atoms with Crippen molar-refractivity contribution in [3.8, 4) is 0 Å². The Balaban J connectivity index is 1.75. The van der Waals surface area contributed by atoms with Gasteiger partial charge in [-0.3, -0.25) is 4.79 Å². The molecule has 0 amide bonds. The first-order chi connectivity index (χ1) is 8.84. The number of hydrogen-bond donors (Lipinski definition) is 1. The Labute approximate surface area is 113 Å². The molecule has 1 atom stereocenters. The third-order valence-corrected chi connectivity index (χ3v) is 5.05.